The van der Waals surface area contributed by atoms with E-state index >= 15 is 0 Å². The van der Waals surface area contributed by atoms with Crippen LogP contribution >= 0.6 is 11.3 Å². The van der Waals surface area contributed by atoms with Crippen molar-refractivity contribution in [2.75, 3.05) is 5.32 Å². The van der Waals surface area contributed by atoms with E-state index < -0.39 is 11.9 Å². The molecule has 1 aromatic carbocycles. The average molecular weight is 474 g/mol. The minimum Gasteiger partial charge on any atom is -0.478 e. The predicted octanol–water partition coefficient (Wildman–Crippen LogP) is 5.84. The van der Waals surface area contributed by atoms with Crippen LogP contribution in [-0.2, 0) is 24.1 Å². The number of fused-ring (bicyclic) bond motifs is 1. The minimum atomic E-state index is -0.911. The summed E-state index contributed by atoms with van der Waals surface area (Å²) in [7, 11) is 0. The fraction of sp³-hybridized carbons (Fsp3) is 0.296. The van der Waals surface area contributed by atoms with Crippen molar-refractivity contribution in [3.05, 3.63) is 74.4 Å². The molecule has 6 nitrogen and oxygen atoms in total. The molecule has 0 radical (unpaired) electrons. The molecular weight excluding hydrogens is 446 g/mol. The summed E-state index contributed by atoms with van der Waals surface area (Å²) in [5, 5.41) is 23.2. The third-order valence-corrected chi connectivity index (χ3v) is 7.63. The van der Waals surface area contributed by atoms with Gasteiger partial charge in [-0.15, -0.1) is 11.3 Å². The summed E-state index contributed by atoms with van der Waals surface area (Å²) in [6.45, 7) is 5.81. The number of nitrogens with one attached hydrogen (secondary N) is 1. The number of carbonyl (C=O) groups excluding carboxylic acids is 1. The highest BCUT2D eigenvalue weighted by Gasteiger charge is 2.27. The zero-order valence-corrected chi connectivity index (χ0v) is 20.4. The van der Waals surface area contributed by atoms with E-state index in [9.17, 15) is 20.0 Å². The molecule has 4 rings (SSSR count). The number of aromatic carboxylic acids is 1. The highest BCUT2D eigenvalue weighted by atomic mass is 32.1. The van der Waals surface area contributed by atoms with Crippen molar-refractivity contribution < 1.29 is 14.7 Å². The quantitative estimate of drug-likeness (QED) is 0.347. The number of carbonyl (C=O) groups is 2. The highest BCUT2D eigenvalue weighted by Crippen LogP contribution is 2.39. The number of para-hydroxylation sites is 1. The molecule has 0 atom stereocenters. The molecule has 0 saturated carbocycles. The van der Waals surface area contributed by atoms with Crippen LogP contribution in [0.15, 0.2) is 35.9 Å². The van der Waals surface area contributed by atoms with E-state index in [2.05, 4.69) is 5.32 Å². The van der Waals surface area contributed by atoms with Gasteiger partial charge in [-0.1, -0.05) is 25.1 Å². The highest BCUT2D eigenvalue weighted by molar-refractivity contribution is 7.15. The minimum absolute atomic E-state index is 0.00455. The van der Waals surface area contributed by atoms with Crippen LogP contribution in [-0.4, -0.2) is 21.6 Å². The number of rotatable bonds is 6. The Labute approximate surface area is 203 Å². The van der Waals surface area contributed by atoms with Crippen LogP contribution in [0.5, 0.6) is 0 Å². The van der Waals surface area contributed by atoms with Gasteiger partial charge in [0.25, 0.3) is 5.91 Å². The third kappa shape index (κ3) is 4.29. The van der Waals surface area contributed by atoms with Gasteiger partial charge in [-0.2, -0.15) is 5.26 Å². The van der Waals surface area contributed by atoms with Gasteiger partial charge in [0.05, 0.1) is 5.56 Å². The van der Waals surface area contributed by atoms with Gasteiger partial charge in [-0.25, -0.2) is 4.79 Å². The molecule has 2 N–H and O–H groups in total. The average Bonchev–Trinajstić information content (AvgIpc) is 3.33. The fourth-order valence-electron chi connectivity index (χ4n) is 4.62. The number of amides is 1. The predicted molar refractivity (Wildman–Crippen MR) is 135 cm³/mol. The number of carboxylic acid groups (broad SMARTS) is 1. The molecule has 34 heavy (non-hydrogen) atoms. The smallest absolute Gasteiger partial charge is 0.339 e. The molecule has 1 amide bonds. The Morgan fingerprint density at radius 1 is 1.24 bits per heavy atom. The molecule has 7 heteroatoms. The fourth-order valence-corrected chi connectivity index (χ4v) is 6.11. The summed E-state index contributed by atoms with van der Waals surface area (Å²) in [6.07, 6.45) is 6.12. The van der Waals surface area contributed by atoms with Gasteiger partial charge in [0.1, 0.15) is 16.6 Å². The van der Waals surface area contributed by atoms with Gasteiger partial charge in [-0.05, 0) is 80.9 Å². The van der Waals surface area contributed by atoms with Crippen molar-refractivity contribution in [2.45, 2.75) is 52.9 Å². The normalized spacial score (nSPS) is 13.3. The van der Waals surface area contributed by atoms with Gasteiger partial charge >= 0.3 is 5.97 Å². The number of benzene rings is 1. The standard InChI is InChI=1S/C27H27N3O3S/c1-4-18-9-5-7-11-22(18)29-25(31)20(15-28)14-19-13-16(2)30(17(19)3)26-24(27(32)33)21-10-6-8-12-23(21)34-26/h5,7,9,11,13-14H,4,6,8,10,12H2,1-3H3,(H,29,31)(H,32,33). The molecule has 2 heterocycles. The molecule has 1 aliphatic rings. The SMILES string of the molecule is CCc1ccccc1NC(=O)C(C#N)=Cc1cc(C)n(-c2sc3c(c2C(=O)O)CCCC3)c1C. The number of aryl methyl sites for hydroxylation is 3. The lowest BCUT2D eigenvalue weighted by Gasteiger charge is -2.11. The van der Waals surface area contributed by atoms with Crippen LogP contribution < -0.4 is 5.32 Å². The van der Waals surface area contributed by atoms with E-state index in [1.165, 1.54) is 11.3 Å². The first-order valence-electron chi connectivity index (χ1n) is 11.4. The second-order valence-corrected chi connectivity index (χ2v) is 9.58. The summed E-state index contributed by atoms with van der Waals surface area (Å²) in [6, 6.07) is 11.4. The van der Waals surface area contributed by atoms with Gasteiger partial charge in [-0.3, -0.25) is 4.79 Å². The second kappa shape index (κ2) is 9.70. The Bertz CT molecular complexity index is 1350. The first kappa shape index (κ1) is 23.5. The van der Waals surface area contributed by atoms with E-state index in [0.717, 1.165) is 65.1 Å². The summed E-state index contributed by atoms with van der Waals surface area (Å²) in [5.74, 6) is -1.38. The molecule has 0 saturated heterocycles. The molecule has 0 fully saturated rings. The van der Waals surface area contributed by atoms with E-state index in [0.29, 0.717) is 16.3 Å². The zero-order chi connectivity index (χ0) is 24.4. The monoisotopic (exact) mass is 473 g/mol. The Morgan fingerprint density at radius 2 is 1.97 bits per heavy atom. The van der Waals surface area contributed by atoms with Gasteiger partial charge in [0, 0.05) is 22.0 Å². The van der Waals surface area contributed by atoms with Crippen molar-refractivity contribution in [1.82, 2.24) is 4.57 Å². The van der Waals surface area contributed by atoms with Gasteiger partial charge in [0.2, 0.25) is 0 Å². The topological polar surface area (TPSA) is 95.1 Å². The lowest BCUT2D eigenvalue weighted by Crippen LogP contribution is -2.14. The molecule has 1 aliphatic carbocycles. The van der Waals surface area contributed by atoms with Crippen LogP contribution in [0.2, 0.25) is 0 Å². The maximum absolute atomic E-state index is 12.9. The Hall–Kier alpha value is -3.63. The Kier molecular flexibility index (Phi) is 6.71. The van der Waals surface area contributed by atoms with E-state index in [-0.39, 0.29) is 5.57 Å². The summed E-state index contributed by atoms with van der Waals surface area (Å²) in [5.41, 5.74) is 5.39. The number of nitriles is 1. The van der Waals surface area contributed by atoms with Crippen molar-refractivity contribution >= 4 is 35.0 Å². The first-order chi connectivity index (χ1) is 16.3. The number of anilines is 1. The Balaban J connectivity index is 1.73. The van der Waals surface area contributed by atoms with E-state index in [1.54, 1.807) is 6.08 Å². The maximum atomic E-state index is 12.9. The van der Waals surface area contributed by atoms with Crippen LogP contribution in [0.4, 0.5) is 5.69 Å². The van der Waals surface area contributed by atoms with Crippen LogP contribution in [0.25, 0.3) is 11.1 Å². The second-order valence-electron chi connectivity index (χ2n) is 8.49. The summed E-state index contributed by atoms with van der Waals surface area (Å²) < 4.78 is 1.94. The molecular formula is C27H27N3O3S. The van der Waals surface area contributed by atoms with E-state index in [1.807, 2.05) is 61.7 Å². The van der Waals surface area contributed by atoms with Crippen LogP contribution in [0, 0.1) is 25.2 Å². The zero-order valence-electron chi connectivity index (χ0n) is 19.6. The molecule has 0 bridgehead atoms. The van der Waals surface area contributed by atoms with E-state index in [4.69, 9.17) is 0 Å². The lowest BCUT2D eigenvalue weighted by atomic mass is 9.95. The number of hydrogen-bond acceptors (Lipinski definition) is 4. The summed E-state index contributed by atoms with van der Waals surface area (Å²) in [4.78, 5) is 26.2. The molecule has 0 unspecified atom stereocenters. The van der Waals surface area contributed by atoms with Crippen LogP contribution in [0.1, 0.15) is 63.1 Å². The largest absolute Gasteiger partial charge is 0.478 e. The number of nitrogens with zero attached hydrogens (tertiary/aromatic N) is 2. The van der Waals surface area contributed by atoms with Crippen molar-refractivity contribution in [2.24, 2.45) is 0 Å². The van der Waals surface area contributed by atoms with Crippen LogP contribution in [0.3, 0.4) is 0 Å². The lowest BCUT2D eigenvalue weighted by molar-refractivity contribution is -0.112. The number of thiophene rings is 1. The Morgan fingerprint density at radius 3 is 2.68 bits per heavy atom. The summed E-state index contributed by atoms with van der Waals surface area (Å²) >= 11 is 1.54. The first-order valence-corrected chi connectivity index (χ1v) is 12.3. The molecule has 3 aromatic rings. The number of hydrogen-bond donors (Lipinski definition) is 2. The molecule has 174 valence electrons. The third-order valence-electron chi connectivity index (χ3n) is 6.35. The molecule has 0 aliphatic heterocycles. The van der Waals surface area contributed by atoms with Gasteiger partial charge in [0.15, 0.2) is 0 Å². The number of carboxylic acids is 1. The van der Waals surface area contributed by atoms with Crippen molar-refractivity contribution in [3.63, 3.8) is 0 Å². The molecule has 0 spiro atoms. The van der Waals surface area contributed by atoms with Crippen molar-refractivity contribution in [3.8, 4) is 11.1 Å². The number of aromatic nitrogens is 1. The maximum Gasteiger partial charge on any atom is 0.339 e. The molecule has 2 aromatic heterocycles. The van der Waals surface area contributed by atoms with Gasteiger partial charge < -0.3 is 15.0 Å². The van der Waals surface area contributed by atoms with Crippen molar-refractivity contribution in [1.29, 1.82) is 5.26 Å².